The molecule has 0 rings (SSSR count). The Morgan fingerprint density at radius 3 is 1.79 bits per heavy atom. The number of carboxylic acids is 1. The highest BCUT2D eigenvalue weighted by Gasteiger charge is 2.17. The van der Waals surface area contributed by atoms with Gasteiger partial charge in [0.1, 0.15) is 0 Å². The number of rotatable bonds is 2. The molecule has 4 nitrogen and oxygen atoms in total. The summed E-state index contributed by atoms with van der Waals surface area (Å²) in [7, 11) is 0. The Morgan fingerprint density at radius 1 is 1.07 bits per heavy atom. The van der Waals surface area contributed by atoms with Crippen LogP contribution in [0.25, 0.3) is 0 Å². The summed E-state index contributed by atoms with van der Waals surface area (Å²) >= 11 is 0. The average Bonchev–Trinajstić information content (AvgIpc) is 1.98. The van der Waals surface area contributed by atoms with Crippen LogP contribution in [0.15, 0.2) is 11.1 Å². The van der Waals surface area contributed by atoms with Crippen LogP contribution < -0.4 is 5.32 Å². The lowest BCUT2D eigenvalue weighted by Crippen LogP contribution is -2.41. The summed E-state index contributed by atoms with van der Waals surface area (Å²) in [6, 6.07) is 0. The first-order valence-corrected chi connectivity index (χ1v) is 4.38. The van der Waals surface area contributed by atoms with Gasteiger partial charge in [-0.15, -0.1) is 0 Å². The standard InChI is InChI=1S/C10H17NO3/c1-6(7(2)9(13)14)8(12)11-10(3,4)5/h1-5H3,(H,11,12)(H,13,14)/b7-6+. The van der Waals surface area contributed by atoms with Crippen molar-refractivity contribution in [2.45, 2.75) is 40.2 Å². The van der Waals surface area contributed by atoms with Gasteiger partial charge in [0.2, 0.25) is 5.91 Å². The zero-order chi connectivity index (χ0) is 11.5. The Bertz CT molecular complexity index is 284. The molecule has 1 amide bonds. The van der Waals surface area contributed by atoms with Gasteiger partial charge in [-0.2, -0.15) is 0 Å². The van der Waals surface area contributed by atoms with Crippen molar-refractivity contribution in [2.24, 2.45) is 0 Å². The van der Waals surface area contributed by atoms with Gasteiger partial charge < -0.3 is 10.4 Å². The third-order valence-corrected chi connectivity index (χ3v) is 1.71. The molecule has 14 heavy (non-hydrogen) atoms. The molecule has 0 aromatic rings. The molecule has 0 radical (unpaired) electrons. The topological polar surface area (TPSA) is 66.4 Å². The van der Waals surface area contributed by atoms with E-state index in [9.17, 15) is 9.59 Å². The summed E-state index contributed by atoms with van der Waals surface area (Å²) in [5.74, 6) is -1.40. The number of amides is 1. The van der Waals surface area contributed by atoms with Crippen LogP contribution in [0.1, 0.15) is 34.6 Å². The highest BCUT2D eigenvalue weighted by atomic mass is 16.4. The van der Waals surface area contributed by atoms with E-state index in [4.69, 9.17) is 5.11 Å². The van der Waals surface area contributed by atoms with E-state index in [0.29, 0.717) is 0 Å². The van der Waals surface area contributed by atoms with Gasteiger partial charge in [-0.3, -0.25) is 4.79 Å². The van der Waals surface area contributed by atoms with Crippen LogP contribution in [0.2, 0.25) is 0 Å². The van der Waals surface area contributed by atoms with Gasteiger partial charge in [-0.25, -0.2) is 4.79 Å². The van der Waals surface area contributed by atoms with Crippen molar-refractivity contribution in [1.29, 1.82) is 0 Å². The normalized spacial score (nSPS) is 13.2. The van der Waals surface area contributed by atoms with Gasteiger partial charge in [0, 0.05) is 16.7 Å². The third kappa shape index (κ3) is 4.07. The Kier molecular flexibility index (Phi) is 3.86. The molecule has 0 saturated heterocycles. The SMILES string of the molecule is C/C(C(=O)O)=C(/C)C(=O)NC(C)(C)C. The highest BCUT2D eigenvalue weighted by molar-refractivity contribution is 6.01. The van der Waals surface area contributed by atoms with Crippen molar-refractivity contribution >= 4 is 11.9 Å². The lowest BCUT2D eigenvalue weighted by atomic mass is 10.1. The third-order valence-electron chi connectivity index (χ3n) is 1.71. The zero-order valence-electron chi connectivity index (χ0n) is 9.26. The van der Waals surface area contributed by atoms with Crippen LogP contribution in [-0.4, -0.2) is 22.5 Å². The average molecular weight is 199 g/mol. The quantitative estimate of drug-likeness (QED) is 0.659. The van der Waals surface area contributed by atoms with E-state index in [1.165, 1.54) is 13.8 Å². The van der Waals surface area contributed by atoms with E-state index >= 15 is 0 Å². The highest BCUT2D eigenvalue weighted by Crippen LogP contribution is 2.06. The van der Waals surface area contributed by atoms with Gasteiger partial charge in [-0.1, -0.05) is 0 Å². The molecular weight excluding hydrogens is 182 g/mol. The molecular formula is C10H17NO3. The zero-order valence-corrected chi connectivity index (χ0v) is 9.26. The van der Waals surface area contributed by atoms with E-state index in [1.54, 1.807) is 0 Å². The smallest absolute Gasteiger partial charge is 0.331 e. The number of nitrogens with one attached hydrogen (secondary N) is 1. The monoisotopic (exact) mass is 199 g/mol. The maximum Gasteiger partial charge on any atom is 0.331 e. The summed E-state index contributed by atoms with van der Waals surface area (Å²) < 4.78 is 0. The fourth-order valence-electron chi connectivity index (χ4n) is 0.765. The lowest BCUT2D eigenvalue weighted by molar-refractivity contribution is -0.133. The Hall–Kier alpha value is -1.32. The van der Waals surface area contributed by atoms with Crippen molar-refractivity contribution in [3.05, 3.63) is 11.1 Å². The largest absolute Gasteiger partial charge is 0.478 e. The molecule has 0 spiro atoms. The number of hydrogen-bond acceptors (Lipinski definition) is 2. The van der Waals surface area contributed by atoms with Crippen molar-refractivity contribution in [3.8, 4) is 0 Å². The molecule has 0 bridgehead atoms. The molecule has 0 fully saturated rings. The fraction of sp³-hybridized carbons (Fsp3) is 0.600. The van der Waals surface area contributed by atoms with Crippen molar-refractivity contribution < 1.29 is 14.7 Å². The number of carboxylic acid groups (broad SMARTS) is 1. The number of carbonyl (C=O) groups excluding carboxylic acids is 1. The molecule has 80 valence electrons. The molecule has 0 aliphatic rings. The predicted molar refractivity (Wildman–Crippen MR) is 53.9 cm³/mol. The molecule has 0 unspecified atom stereocenters. The summed E-state index contributed by atoms with van der Waals surface area (Å²) in [6.45, 7) is 8.45. The minimum atomic E-state index is -1.06. The van der Waals surface area contributed by atoms with Crippen molar-refractivity contribution in [3.63, 3.8) is 0 Å². The first-order chi connectivity index (χ1) is 6.15. The molecule has 0 atom stereocenters. The molecule has 0 saturated carbocycles. The molecule has 4 heteroatoms. The van der Waals surface area contributed by atoms with E-state index < -0.39 is 5.97 Å². The van der Waals surface area contributed by atoms with Crippen molar-refractivity contribution in [1.82, 2.24) is 5.32 Å². The second kappa shape index (κ2) is 4.26. The molecule has 0 aromatic heterocycles. The molecule has 0 aliphatic heterocycles. The van der Waals surface area contributed by atoms with Crippen molar-refractivity contribution in [2.75, 3.05) is 0 Å². The van der Waals surface area contributed by atoms with Gasteiger partial charge >= 0.3 is 5.97 Å². The minimum absolute atomic E-state index is 0.0757. The molecule has 2 N–H and O–H groups in total. The minimum Gasteiger partial charge on any atom is -0.478 e. The summed E-state index contributed by atoms with van der Waals surface area (Å²) in [4.78, 5) is 22.0. The van der Waals surface area contributed by atoms with Crippen LogP contribution >= 0.6 is 0 Å². The fourth-order valence-corrected chi connectivity index (χ4v) is 0.765. The lowest BCUT2D eigenvalue weighted by Gasteiger charge is -2.21. The first-order valence-electron chi connectivity index (χ1n) is 4.38. The van der Waals surface area contributed by atoms with E-state index in [1.807, 2.05) is 20.8 Å². The number of carbonyl (C=O) groups is 2. The molecule has 0 heterocycles. The second-order valence-corrected chi connectivity index (χ2v) is 4.26. The van der Waals surface area contributed by atoms with Gasteiger partial charge in [0.05, 0.1) is 0 Å². The van der Waals surface area contributed by atoms with Gasteiger partial charge in [0.25, 0.3) is 0 Å². The van der Waals surface area contributed by atoms with Crippen LogP contribution in [-0.2, 0) is 9.59 Å². The second-order valence-electron chi connectivity index (χ2n) is 4.26. The first kappa shape index (κ1) is 12.7. The Morgan fingerprint density at radius 2 is 1.50 bits per heavy atom. The maximum absolute atomic E-state index is 11.5. The molecule has 0 aliphatic carbocycles. The van der Waals surface area contributed by atoms with E-state index in [-0.39, 0.29) is 22.6 Å². The van der Waals surface area contributed by atoms with E-state index in [2.05, 4.69) is 5.32 Å². The number of aliphatic carboxylic acids is 1. The van der Waals surface area contributed by atoms with Crippen LogP contribution in [0.5, 0.6) is 0 Å². The van der Waals surface area contributed by atoms with E-state index in [0.717, 1.165) is 0 Å². The maximum atomic E-state index is 11.5. The van der Waals surface area contributed by atoms with Gasteiger partial charge in [0.15, 0.2) is 0 Å². The molecule has 0 aromatic carbocycles. The Labute approximate surface area is 84.0 Å². The number of hydrogen-bond donors (Lipinski definition) is 2. The van der Waals surface area contributed by atoms with Gasteiger partial charge in [-0.05, 0) is 34.6 Å². The predicted octanol–water partition coefficient (Wildman–Crippen LogP) is 1.32. The van der Waals surface area contributed by atoms with Crippen LogP contribution in [0, 0.1) is 0 Å². The van der Waals surface area contributed by atoms with Crippen LogP contribution in [0.4, 0.5) is 0 Å². The summed E-state index contributed by atoms with van der Waals surface area (Å²) in [5.41, 5.74) is -0.0314. The summed E-state index contributed by atoms with van der Waals surface area (Å²) in [5, 5.41) is 11.4. The Balaban J connectivity index is 4.72. The van der Waals surface area contributed by atoms with Crippen LogP contribution in [0.3, 0.4) is 0 Å². The summed E-state index contributed by atoms with van der Waals surface area (Å²) in [6.07, 6.45) is 0.